The highest BCUT2D eigenvalue weighted by atomic mass is 32.1. The van der Waals surface area contributed by atoms with Crippen LogP contribution in [-0.2, 0) is 11.8 Å². The van der Waals surface area contributed by atoms with Crippen LogP contribution in [0.3, 0.4) is 0 Å². The van der Waals surface area contributed by atoms with Gasteiger partial charge in [0, 0.05) is 32.9 Å². The number of thiophene rings is 1. The molecule has 2 aromatic heterocycles. The summed E-state index contributed by atoms with van der Waals surface area (Å²) in [5.74, 6) is 0.161. The topological polar surface area (TPSA) is 61.7 Å². The number of rotatable bonds is 2. The number of likely N-dealkylation sites (N-methyl/N-ethyl adjacent to an activating group) is 1. The van der Waals surface area contributed by atoms with Crippen molar-refractivity contribution in [1.29, 1.82) is 0 Å². The first-order chi connectivity index (χ1) is 12.0. The summed E-state index contributed by atoms with van der Waals surface area (Å²) in [5, 5.41) is 6.11. The van der Waals surface area contributed by atoms with Crippen LogP contribution >= 0.6 is 11.3 Å². The van der Waals surface area contributed by atoms with Gasteiger partial charge in [0.1, 0.15) is 0 Å². The summed E-state index contributed by atoms with van der Waals surface area (Å²) in [4.78, 5) is 31.8. The van der Waals surface area contributed by atoms with Crippen molar-refractivity contribution in [2.75, 3.05) is 38.1 Å². The van der Waals surface area contributed by atoms with Crippen molar-refractivity contribution in [3.8, 4) is 0 Å². The lowest BCUT2D eigenvalue weighted by atomic mass is 9.93. The Morgan fingerprint density at radius 1 is 1.32 bits per heavy atom. The van der Waals surface area contributed by atoms with Crippen molar-refractivity contribution >= 4 is 28.8 Å². The third-order valence-electron chi connectivity index (χ3n) is 5.29. The molecule has 1 atom stereocenters. The van der Waals surface area contributed by atoms with E-state index in [-0.39, 0.29) is 17.4 Å². The number of likely N-dealkylation sites (tertiary alicyclic amines) is 1. The molecule has 2 aromatic rings. The fourth-order valence-corrected chi connectivity index (χ4v) is 4.46. The second kappa shape index (κ2) is 5.96. The van der Waals surface area contributed by atoms with E-state index in [9.17, 15) is 9.59 Å². The lowest BCUT2D eigenvalue weighted by molar-refractivity contribution is -0.123. The largest absolute Gasteiger partial charge is 0.336 e. The van der Waals surface area contributed by atoms with Gasteiger partial charge < -0.3 is 9.80 Å². The van der Waals surface area contributed by atoms with Gasteiger partial charge in [-0.3, -0.25) is 19.2 Å². The molecule has 0 saturated carbocycles. The highest BCUT2D eigenvalue weighted by molar-refractivity contribution is 7.12. The van der Waals surface area contributed by atoms with E-state index >= 15 is 0 Å². The van der Waals surface area contributed by atoms with Crippen LogP contribution in [-0.4, -0.2) is 70.2 Å². The highest BCUT2D eigenvalue weighted by Gasteiger charge is 2.49. The molecule has 132 valence electrons. The molecular weight excluding hydrogens is 338 g/mol. The number of carbonyl (C=O) groups is 2. The first-order valence-corrected chi connectivity index (χ1v) is 9.19. The number of amides is 2. The van der Waals surface area contributed by atoms with E-state index in [2.05, 4.69) is 10.00 Å². The first kappa shape index (κ1) is 16.3. The highest BCUT2D eigenvalue weighted by Crippen LogP contribution is 2.34. The van der Waals surface area contributed by atoms with E-state index < -0.39 is 0 Å². The van der Waals surface area contributed by atoms with Gasteiger partial charge in [-0.2, -0.15) is 5.10 Å². The zero-order valence-electron chi connectivity index (χ0n) is 14.4. The maximum Gasteiger partial charge on any atom is 0.263 e. The van der Waals surface area contributed by atoms with Crippen LogP contribution in [0.15, 0.2) is 29.9 Å². The van der Waals surface area contributed by atoms with Gasteiger partial charge in [-0.05, 0) is 24.9 Å². The van der Waals surface area contributed by atoms with Crippen molar-refractivity contribution in [2.45, 2.75) is 12.0 Å². The third-order valence-corrected chi connectivity index (χ3v) is 6.15. The summed E-state index contributed by atoms with van der Waals surface area (Å²) in [5.41, 5.74) is 0.624. The van der Waals surface area contributed by atoms with Gasteiger partial charge in [0.05, 0.1) is 28.8 Å². The minimum Gasteiger partial charge on any atom is -0.336 e. The molecule has 2 aliphatic heterocycles. The molecule has 0 aliphatic carbocycles. The minimum absolute atomic E-state index is 0.0733. The number of aromatic nitrogens is 2. The Morgan fingerprint density at radius 3 is 2.84 bits per heavy atom. The van der Waals surface area contributed by atoms with Crippen LogP contribution in [0, 0.1) is 0 Å². The average molecular weight is 359 g/mol. The van der Waals surface area contributed by atoms with Crippen LogP contribution in [0.2, 0.25) is 0 Å². The van der Waals surface area contributed by atoms with Gasteiger partial charge in [-0.1, -0.05) is 6.07 Å². The molecule has 8 heteroatoms. The molecule has 2 saturated heterocycles. The van der Waals surface area contributed by atoms with Gasteiger partial charge in [0.25, 0.3) is 5.91 Å². The maximum atomic E-state index is 12.7. The molecule has 1 spiro atoms. The molecule has 7 nitrogen and oxygen atoms in total. The second-order valence-electron chi connectivity index (χ2n) is 6.89. The molecule has 4 rings (SSSR count). The van der Waals surface area contributed by atoms with Crippen LogP contribution in [0.4, 0.5) is 5.69 Å². The standard InChI is InChI=1S/C17H21N5O2S/c1-19-10-15(23)22(13-8-18-20(2)9-13)12-17(19)5-6-21(11-17)16(24)14-4-3-7-25-14/h3-4,7-9H,5-6,10-12H2,1-2H3/t17-/m0/s1. The lowest BCUT2D eigenvalue weighted by Gasteiger charge is -2.46. The number of nitrogens with zero attached hydrogens (tertiary/aromatic N) is 5. The summed E-state index contributed by atoms with van der Waals surface area (Å²) < 4.78 is 1.70. The summed E-state index contributed by atoms with van der Waals surface area (Å²) in [7, 11) is 3.83. The predicted octanol–water partition coefficient (Wildman–Crippen LogP) is 1.04. The van der Waals surface area contributed by atoms with Gasteiger partial charge in [-0.25, -0.2) is 0 Å². The van der Waals surface area contributed by atoms with Crippen molar-refractivity contribution in [3.05, 3.63) is 34.8 Å². The molecule has 4 heterocycles. The van der Waals surface area contributed by atoms with Crippen molar-refractivity contribution in [2.24, 2.45) is 7.05 Å². The second-order valence-corrected chi connectivity index (χ2v) is 7.83. The monoisotopic (exact) mass is 359 g/mol. The molecule has 0 radical (unpaired) electrons. The zero-order valence-corrected chi connectivity index (χ0v) is 15.2. The summed E-state index contributed by atoms with van der Waals surface area (Å²) >= 11 is 1.47. The normalized spacial score (nSPS) is 24.5. The van der Waals surface area contributed by atoms with E-state index in [4.69, 9.17) is 0 Å². The van der Waals surface area contributed by atoms with E-state index in [0.29, 0.717) is 19.6 Å². The third kappa shape index (κ3) is 2.75. The molecule has 0 unspecified atom stereocenters. The van der Waals surface area contributed by atoms with Crippen LogP contribution in [0.1, 0.15) is 16.1 Å². The van der Waals surface area contributed by atoms with Gasteiger partial charge in [0.2, 0.25) is 5.91 Å². The molecule has 2 aliphatic rings. The quantitative estimate of drug-likeness (QED) is 0.804. The molecule has 2 fully saturated rings. The number of hydrogen-bond donors (Lipinski definition) is 0. The zero-order chi connectivity index (χ0) is 17.6. The summed E-state index contributed by atoms with van der Waals surface area (Å²) in [6.45, 7) is 2.30. The fraction of sp³-hybridized carbons (Fsp3) is 0.471. The number of aryl methyl sites for hydroxylation is 1. The molecular formula is C17H21N5O2S. The van der Waals surface area contributed by atoms with Crippen LogP contribution < -0.4 is 4.90 Å². The average Bonchev–Trinajstić information content (AvgIpc) is 3.32. The first-order valence-electron chi connectivity index (χ1n) is 8.32. The van der Waals surface area contributed by atoms with Crippen molar-refractivity contribution in [3.63, 3.8) is 0 Å². The SMILES string of the molecule is CN1CC(=O)N(c2cnn(C)c2)C[C@@]12CCN(C(=O)c1cccs1)C2. The summed E-state index contributed by atoms with van der Waals surface area (Å²) in [6.07, 6.45) is 4.45. The Hall–Kier alpha value is -2.19. The van der Waals surface area contributed by atoms with E-state index in [1.54, 1.807) is 10.9 Å². The maximum absolute atomic E-state index is 12.7. The number of anilines is 1. The van der Waals surface area contributed by atoms with E-state index in [1.807, 2.05) is 47.6 Å². The molecule has 0 N–H and O–H groups in total. The predicted molar refractivity (Wildman–Crippen MR) is 95.8 cm³/mol. The molecule has 2 amide bonds. The number of hydrogen-bond acceptors (Lipinski definition) is 5. The van der Waals surface area contributed by atoms with Gasteiger partial charge in [0.15, 0.2) is 0 Å². The van der Waals surface area contributed by atoms with Gasteiger partial charge in [-0.15, -0.1) is 11.3 Å². The molecule has 25 heavy (non-hydrogen) atoms. The van der Waals surface area contributed by atoms with Gasteiger partial charge >= 0.3 is 0 Å². The minimum atomic E-state index is -0.198. The van der Waals surface area contributed by atoms with E-state index in [1.165, 1.54) is 11.3 Å². The van der Waals surface area contributed by atoms with Crippen LogP contribution in [0.25, 0.3) is 0 Å². The van der Waals surface area contributed by atoms with Crippen molar-refractivity contribution in [1.82, 2.24) is 19.6 Å². The number of carbonyl (C=O) groups excluding carboxylic acids is 2. The van der Waals surface area contributed by atoms with Crippen LogP contribution in [0.5, 0.6) is 0 Å². The van der Waals surface area contributed by atoms with Crippen molar-refractivity contribution < 1.29 is 9.59 Å². The Kier molecular flexibility index (Phi) is 3.88. The summed E-state index contributed by atoms with van der Waals surface area (Å²) in [6, 6.07) is 3.77. The Morgan fingerprint density at radius 2 is 2.16 bits per heavy atom. The fourth-order valence-electron chi connectivity index (χ4n) is 3.77. The Balaban J connectivity index is 1.56. The molecule has 0 bridgehead atoms. The lowest BCUT2D eigenvalue weighted by Crippen LogP contribution is -2.64. The number of piperazine rings is 1. The smallest absolute Gasteiger partial charge is 0.263 e. The van der Waals surface area contributed by atoms with E-state index in [0.717, 1.165) is 23.5 Å². The Bertz CT molecular complexity index is 802. The molecule has 0 aromatic carbocycles. The Labute approximate surface area is 150 Å².